The molecule has 0 aliphatic heterocycles. The van der Waals surface area contributed by atoms with Crippen molar-refractivity contribution in [3.8, 4) is 0 Å². The van der Waals surface area contributed by atoms with Crippen LogP contribution in [0, 0.1) is 6.92 Å². The minimum Gasteiger partial charge on any atom is -0.350 e. The van der Waals surface area contributed by atoms with E-state index in [2.05, 4.69) is 10.3 Å². The third-order valence-electron chi connectivity index (χ3n) is 4.75. The standard InChI is InChI=1S/C21H20N4O2/c1-14-12-19(26)23-20-17-10-6-7-11-18(17)25(24(14)20)15(2)21(27)22-13-16-8-4-3-5-9-16/h3-12,15H,13H2,1-2H3,(H,22,27). The summed E-state index contributed by atoms with van der Waals surface area (Å²) in [5.41, 5.74) is 2.93. The first-order valence-corrected chi connectivity index (χ1v) is 8.87. The third-order valence-corrected chi connectivity index (χ3v) is 4.75. The minimum atomic E-state index is -0.473. The molecular weight excluding hydrogens is 340 g/mol. The maximum Gasteiger partial charge on any atom is 0.273 e. The molecule has 0 fully saturated rings. The Morgan fingerprint density at radius 2 is 1.81 bits per heavy atom. The van der Waals surface area contributed by atoms with Gasteiger partial charge >= 0.3 is 0 Å². The van der Waals surface area contributed by atoms with E-state index in [1.807, 2.05) is 77.6 Å². The maximum absolute atomic E-state index is 12.9. The fourth-order valence-electron chi connectivity index (χ4n) is 3.43. The number of hydrogen-bond acceptors (Lipinski definition) is 3. The van der Waals surface area contributed by atoms with Crippen LogP contribution in [-0.2, 0) is 11.3 Å². The predicted molar refractivity (Wildman–Crippen MR) is 105 cm³/mol. The largest absolute Gasteiger partial charge is 0.350 e. The second-order valence-corrected chi connectivity index (χ2v) is 6.61. The summed E-state index contributed by atoms with van der Waals surface area (Å²) >= 11 is 0. The molecule has 0 saturated heterocycles. The lowest BCUT2D eigenvalue weighted by molar-refractivity contribution is -0.124. The highest BCUT2D eigenvalue weighted by Crippen LogP contribution is 2.25. The van der Waals surface area contributed by atoms with Gasteiger partial charge in [0, 0.05) is 23.7 Å². The molecule has 27 heavy (non-hydrogen) atoms. The third kappa shape index (κ3) is 2.99. The molecule has 2 aromatic carbocycles. The van der Waals surface area contributed by atoms with E-state index >= 15 is 0 Å². The summed E-state index contributed by atoms with van der Waals surface area (Å²) in [6, 6.07) is 18.5. The van der Waals surface area contributed by atoms with Gasteiger partial charge in [-0.25, -0.2) is 4.52 Å². The quantitative estimate of drug-likeness (QED) is 0.608. The number of hydrogen-bond donors (Lipinski definition) is 1. The van der Waals surface area contributed by atoms with Crippen molar-refractivity contribution in [3.05, 3.63) is 82.3 Å². The average Bonchev–Trinajstić information content (AvgIpc) is 3.01. The Bertz CT molecular complexity index is 1190. The number of carbonyl (C=O) groups is 1. The van der Waals surface area contributed by atoms with Gasteiger partial charge in [-0.1, -0.05) is 42.5 Å². The van der Waals surface area contributed by atoms with E-state index < -0.39 is 6.04 Å². The summed E-state index contributed by atoms with van der Waals surface area (Å²) in [5, 5.41) is 3.84. The molecule has 0 bridgehead atoms. The number of amides is 1. The van der Waals surface area contributed by atoms with Gasteiger partial charge in [0.1, 0.15) is 6.04 Å². The van der Waals surface area contributed by atoms with Gasteiger partial charge in [-0.3, -0.25) is 14.3 Å². The number of fused-ring (bicyclic) bond motifs is 3. The van der Waals surface area contributed by atoms with E-state index in [1.165, 1.54) is 6.07 Å². The monoisotopic (exact) mass is 360 g/mol. The van der Waals surface area contributed by atoms with Crippen LogP contribution in [0.25, 0.3) is 16.6 Å². The van der Waals surface area contributed by atoms with E-state index in [-0.39, 0.29) is 11.5 Å². The predicted octanol–water partition coefficient (Wildman–Crippen LogP) is 2.84. The molecule has 0 saturated carbocycles. The second kappa shape index (κ2) is 6.72. The second-order valence-electron chi connectivity index (χ2n) is 6.61. The molecule has 0 spiro atoms. The molecular formula is C21H20N4O2. The molecule has 6 heteroatoms. The van der Waals surface area contributed by atoms with Crippen molar-refractivity contribution >= 4 is 22.5 Å². The molecule has 1 unspecified atom stereocenters. The van der Waals surface area contributed by atoms with Crippen LogP contribution < -0.4 is 10.9 Å². The molecule has 4 rings (SSSR count). The van der Waals surface area contributed by atoms with Crippen LogP contribution in [0.3, 0.4) is 0 Å². The topological polar surface area (TPSA) is 68.4 Å². The van der Waals surface area contributed by atoms with Gasteiger partial charge < -0.3 is 5.32 Å². The normalized spacial score (nSPS) is 12.4. The molecule has 2 aromatic heterocycles. The number of carbonyl (C=O) groups excluding carboxylic acids is 1. The number of rotatable bonds is 4. The molecule has 0 radical (unpaired) electrons. The average molecular weight is 360 g/mol. The molecule has 136 valence electrons. The Kier molecular flexibility index (Phi) is 4.24. The smallest absolute Gasteiger partial charge is 0.273 e. The van der Waals surface area contributed by atoms with Crippen molar-refractivity contribution in [2.45, 2.75) is 26.4 Å². The summed E-state index contributed by atoms with van der Waals surface area (Å²) in [5.74, 6) is -0.0976. The Labute approximate surface area is 156 Å². The van der Waals surface area contributed by atoms with Crippen molar-refractivity contribution < 1.29 is 4.79 Å². The first-order chi connectivity index (χ1) is 13.1. The summed E-state index contributed by atoms with van der Waals surface area (Å²) in [7, 11) is 0. The summed E-state index contributed by atoms with van der Waals surface area (Å²) in [6.45, 7) is 4.16. The zero-order valence-corrected chi connectivity index (χ0v) is 15.2. The van der Waals surface area contributed by atoms with E-state index in [9.17, 15) is 9.59 Å². The van der Waals surface area contributed by atoms with Crippen LogP contribution in [0.15, 0.2) is 65.5 Å². The van der Waals surface area contributed by atoms with Gasteiger partial charge in [-0.15, -0.1) is 0 Å². The fourth-order valence-corrected chi connectivity index (χ4v) is 3.43. The number of para-hydroxylation sites is 1. The van der Waals surface area contributed by atoms with Crippen LogP contribution in [0.4, 0.5) is 0 Å². The Balaban J connectivity index is 1.77. The van der Waals surface area contributed by atoms with E-state index in [1.54, 1.807) is 0 Å². The Morgan fingerprint density at radius 3 is 2.59 bits per heavy atom. The van der Waals surface area contributed by atoms with Gasteiger partial charge in [-0.2, -0.15) is 4.98 Å². The highest BCUT2D eigenvalue weighted by molar-refractivity contribution is 5.94. The van der Waals surface area contributed by atoms with Crippen LogP contribution >= 0.6 is 0 Å². The minimum absolute atomic E-state index is 0.0976. The lowest BCUT2D eigenvalue weighted by Gasteiger charge is -2.18. The number of aromatic nitrogens is 3. The van der Waals surface area contributed by atoms with Crippen molar-refractivity contribution in [2.24, 2.45) is 0 Å². The van der Waals surface area contributed by atoms with E-state index in [0.29, 0.717) is 12.2 Å². The van der Waals surface area contributed by atoms with Gasteiger partial charge in [0.05, 0.1) is 5.52 Å². The van der Waals surface area contributed by atoms with E-state index in [0.717, 1.165) is 22.2 Å². The molecule has 6 nitrogen and oxygen atoms in total. The highest BCUT2D eigenvalue weighted by Gasteiger charge is 2.22. The van der Waals surface area contributed by atoms with Crippen molar-refractivity contribution in [2.75, 3.05) is 0 Å². The Morgan fingerprint density at radius 1 is 1.11 bits per heavy atom. The van der Waals surface area contributed by atoms with Crippen LogP contribution in [0.1, 0.15) is 24.2 Å². The van der Waals surface area contributed by atoms with Crippen LogP contribution in [0.2, 0.25) is 0 Å². The van der Waals surface area contributed by atoms with Gasteiger partial charge in [-0.05, 0) is 31.5 Å². The molecule has 1 N–H and O–H groups in total. The Hall–Kier alpha value is -3.41. The molecule has 4 aromatic rings. The zero-order chi connectivity index (χ0) is 19.0. The van der Waals surface area contributed by atoms with Crippen molar-refractivity contribution in [1.29, 1.82) is 0 Å². The molecule has 1 atom stereocenters. The first-order valence-electron chi connectivity index (χ1n) is 8.87. The zero-order valence-electron chi connectivity index (χ0n) is 15.2. The van der Waals surface area contributed by atoms with Gasteiger partial charge in [0.25, 0.3) is 5.56 Å². The summed E-state index contributed by atoms with van der Waals surface area (Å²) in [4.78, 5) is 28.9. The number of benzene rings is 2. The van der Waals surface area contributed by atoms with Crippen LogP contribution in [0.5, 0.6) is 0 Å². The van der Waals surface area contributed by atoms with E-state index in [4.69, 9.17) is 0 Å². The lowest BCUT2D eigenvalue weighted by Crippen LogP contribution is -2.32. The lowest BCUT2D eigenvalue weighted by atomic mass is 10.2. The molecule has 0 aliphatic carbocycles. The number of nitrogens with one attached hydrogen (secondary N) is 1. The first kappa shape index (κ1) is 17.0. The van der Waals surface area contributed by atoms with Crippen LogP contribution in [-0.4, -0.2) is 20.1 Å². The molecule has 0 aliphatic rings. The highest BCUT2D eigenvalue weighted by atomic mass is 16.2. The maximum atomic E-state index is 12.9. The summed E-state index contributed by atoms with van der Waals surface area (Å²) < 4.78 is 3.74. The fraction of sp³-hybridized carbons (Fsp3) is 0.190. The molecule has 1 amide bonds. The molecule has 2 heterocycles. The van der Waals surface area contributed by atoms with Gasteiger partial charge in [0.2, 0.25) is 5.91 Å². The summed E-state index contributed by atoms with van der Waals surface area (Å²) in [6.07, 6.45) is 0. The van der Waals surface area contributed by atoms with Crippen molar-refractivity contribution in [3.63, 3.8) is 0 Å². The van der Waals surface area contributed by atoms with Gasteiger partial charge in [0.15, 0.2) is 5.65 Å². The SMILES string of the molecule is Cc1cc(=O)nc2c3ccccc3n(C(C)C(=O)NCc3ccccc3)n12. The number of aryl methyl sites for hydroxylation is 1. The van der Waals surface area contributed by atoms with Crippen molar-refractivity contribution in [1.82, 2.24) is 19.5 Å². The number of nitrogens with zero attached hydrogens (tertiary/aromatic N) is 3.